The van der Waals surface area contributed by atoms with Gasteiger partial charge in [-0.1, -0.05) is 12.1 Å². The topological polar surface area (TPSA) is 52.2 Å². The van der Waals surface area contributed by atoms with E-state index in [2.05, 4.69) is 33.0 Å². The molecule has 0 aliphatic carbocycles. The van der Waals surface area contributed by atoms with Gasteiger partial charge in [0.25, 0.3) is 5.91 Å². The number of piperazine rings is 1. The zero-order valence-corrected chi connectivity index (χ0v) is 12.7. The van der Waals surface area contributed by atoms with E-state index in [-0.39, 0.29) is 5.91 Å². The number of nitrogens with zero attached hydrogens (tertiary/aromatic N) is 3. The summed E-state index contributed by atoms with van der Waals surface area (Å²) < 4.78 is 0. The Morgan fingerprint density at radius 3 is 3.18 bits per heavy atom. The highest BCUT2D eigenvalue weighted by molar-refractivity contribution is 6.05. The van der Waals surface area contributed by atoms with Crippen LogP contribution in [0.5, 0.6) is 0 Å². The smallest absolute Gasteiger partial charge is 0.275 e. The molecule has 1 aromatic heterocycles. The molecule has 3 saturated heterocycles. The maximum atomic E-state index is 13.1. The van der Waals surface area contributed by atoms with Gasteiger partial charge in [0.05, 0.1) is 5.52 Å². The summed E-state index contributed by atoms with van der Waals surface area (Å²) in [5.41, 5.74) is 2.73. The Bertz CT molecular complexity index is 763. The van der Waals surface area contributed by atoms with Crippen molar-refractivity contribution in [2.24, 2.45) is 5.92 Å². The number of carbonyl (C=O) groups excluding carboxylic acids is 1. The van der Waals surface area contributed by atoms with Crippen molar-refractivity contribution in [3.8, 4) is 0 Å². The van der Waals surface area contributed by atoms with E-state index in [4.69, 9.17) is 0 Å². The molecule has 5 nitrogen and oxygen atoms in total. The molecular weight excluding hydrogens is 276 g/mol. The van der Waals surface area contributed by atoms with Crippen LogP contribution in [-0.4, -0.2) is 57.6 Å². The molecule has 1 N–H and O–H groups in total. The Labute approximate surface area is 129 Å². The molecular formula is C17H20N4O. The first-order valence-corrected chi connectivity index (χ1v) is 8.20. The predicted octanol–water partition coefficient (Wildman–Crippen LogP) is 1.79. The van der Waals surface area contributed by atoms with Crippen LogP contribution in [0.4, 0.5) is 0 Å². The van der Waals surface area contributed by atoms with Crippen molar-refractivity contribution in [2.75, 3.05) is 19.6 Å². The number of piperidine rings is 1. The van der Waals surface area contributed by atoms with E-state index in [9.17, 15) is 4.79 Å². The van der Waals surface area contributed by atoms with Gasteiger partial charge in [-0.15, -0.1) is 0 Å². The average Bonchev–Trinajstić information content (AvgIpc) is 2.95. The highest BCUT2D eigenvalue weighted by Crippen LogP contribution is 2.41. The summed E-state index contributed by atoms with van der Waals surface area (Å²) in [6, 6.07) is 6.90. The van der Waals surface area contributed by atoms with Crippen molar-refractivity contribution in [1.82, 2.24) is 20.0 Å². The molecule has 2 unspecified atom stereocenters. The molecule has 3 aliphatic heterocycles. The van der Waals surface area contributed by atoms with Crippen LogP contribution < -0.4 is 0 Å². The van der Waals surface area contributed by atoms with Gasteiger partial charge in [0.2, 0.25) is 0 Å². The van der Waals surface area contributed by atoms with Gasteiger partial charge in [0.15, 0.2) is 5.69 Å². The van der Waals surface area contributed by atoms with Gasteiger partial charge >= 0.3 is 0 Å². The van der Waals surface area contributed by atoms with Gasteiger partial charge in [0, 0.05) is 30.6 Å². The van der Waals surface area contributed by atoms with E-state index in [0.29, 0.717) is 23.7 Å². The monoisotopic (exact) mass is 296 g/mol. The van der Waals surface area contributed by atoms with Crippen LogP contribution in [0.1, 0.15) is 28.9 Å². The first-order chi connectivity index (χ1) is 10.7. The third-order valence-corrected chi connectivity index (χ3v) is 5.76. The zero-order chi connectivity index (χ0) is 14.8. The molecule has 114 valence electrons. The fourth-order valence-corrected chi connectivity index (χ4v) is 4.73. The lowest BCUT2D eigenvalue weighted by molar-refractivity contribution is 0.0258. The van der Waals surface area contributed by atoms with Gasteiger partial charge in [0.1, 0.15) is 0 Å². The number of carbonyl (C=O) groups is 1. The van der Waals surface area contributed by atoms with Gasteiger partial charge in [-0.3, -0.25) is 14.8 Å². The number of aromatic nitrogens is 2. The summed E-state index contributed by atoms with van der Waals surface area (Å²) in [6.45, 7) is 5.36. The molecule has 5 heteroatoms. The molecule has 0 saturated carbocycles. The molecule has 1 aromatic carbocycles. The second kappa shape index (κ2) is 4.32. The summed E-state index contributed by atoms with van der Waals surface area (Å²) in [4.78, 5) is 17.8. The molecule has 0 radical (unpaired) electrons. The summed E-state index contributed by atoms with van der Waals surface area (Å²) in [5.74, 6) is 0.814. The lowest BCUT2D eigenvalue weighted by Gasteiger charge is -2.44. The summed E-state index contributed by atoms with van der Waals surface area (Å²) >= 11 is 0. The Balaban J connectivity index is 1.54. The Kier molecular flexibility index (Phi) is 2.48. The number of amides is 1. The molecule has 3 fully saturated rings. The highest BCUT2D eigenvalue weighted by atomic mass is 16.2. The third kappa shape index (κ3) is 1.63. The minimum absolute atomic E-state index is 0.120. The van der Waals surface area contributed by atoms with E-state index in [1.54, 1.807) is 0 Å². The van der Waals surface area contributed by atoms with Gasteiger partial charge in [-0.25, -0.2) is 0 Å². The average molecular weight is 296 g/mol. The zero-order valence-electron chi connectivity index (χ0n) is 12.7. The molecule has 4 atom stereocenters. The third-order valence-electron chi connectivity index (χ3n) is 5.76. The van der Waals surface area contributed by atoms with Gasteiger partial charge < -0.3 is 4.90 Å². The van der Waals surface area contributed by atoms with Crippen molar-refractivity contribution in [3.63, 3.8) is 0 Å². The molecule has 5 rings (SSSR count). The van der Waals surface area contributed by atoms with Crippen LogP contribution in [-0.2, 0) is 0 Å². The Morgan fingerprint density at radius 2 is 2.27 bits per heavy atom. The van der Waals surface area contributed by atoms with Crippen LogP contribution >= 0.6 is 0 Å². The Morgan fingerprint density at radius 1 is 1.36 bits per heavy atom. The van der Waals surface area contributed by atoms with Crippen LogP contribution in [0.2, 0.25) is 0 Å². The first kappa shape index (κ1) is 12.6. The van der Waals surface area contributed by atoms with Gasteiger partial charge in [-0.2, -0.15) is 5.10 Å². The number of aromatic amines is 1. The molecule has 3 aliphatic rings. The number of H-pyrrole nitrogens is 1. The Hall–Kier alpha value is -1.88. The number of fused-ring (bicyclic) bond motifs is 3. The van der Waals surface area contributed by atoms with Crippen LogP contribution in [0, 0.1) is 12.8 Å². The van der Waals surface area contributed by atoms with Crippen molar-refractivity contribution in [2.45, 2.75) is 31.8 Å². The summed E-state index contributed by atoms with van der Waals surface area (Å²) in [6.07, 6.45) is 2.42. The quantitative estimate of drug-likeness (QED) is 0.873. The van der Waals surface area contributed by atoms with Crippen molar-refractivity contribution in [3.05, 3.63) is 29.5 Å². The predicted molar refractivity (Wildman–Crippen MR) is 83.7 cm³/mol. The van der Waals surface area contributed by atoms with E-state index in [0.717, 1.165) is 24.0 Å². The molecule has 22 heavy (non-hydrogen) atoms. The first-order valence-electron chi connectivity index (χ1n) is 8.20. The number of rotatable bonds is 1. The SMILES string of the molecule is Cc1ccc2c(C(=O)N3C4CN5CC[C@H]4C[C@H]3C5)n[nH]c2c1. The fraction of sp³-hybridized carbons (Fsp3) is 0.529. The second-order valence-corrected chi connectivity index (χ2v) is 7.10. The number of nitrogens with one attached hydrogen (secondary N) is 1. The lowest BCUT2D eigenvalue weighted by Crippen LogP contribution is -2.58. The van der Waals surface area contributed by atoms with E-state index >= 15 is 0 Å². The number of benzene rings is 1. The van der Waals surface area contributed by atoms with E-state index in [1.807, 2.05) is 12.1 Å². The maximum absolute atomic E-state index is 13.1. The lowest BCUT2D eigenvalue weighted by atomic mass is 9.93. The fourth-order valence-electron chi connectivity index (χ4n) is 4.73. The van der Waals surface area contributed by atoms with Crippen molar-refractivity contribution < 1.29 is 4.79 Å². The molecule has 2 aromatic rings. The number of hydrogen-bond donors (Lipinski definition) is 1. The van der Waals surface area contributed by atoms with Crippen molar-refractivity contribution in [1.29, 1.82) is 0 Å². The van der Waals surface area contributed by atoms with E-state index in [1.165, 1.54) is 24.9 Å². The second-order valence-electron chi connectivity index (χ2n) is 7.10. The molecule has 4 heterocycles. The molecule has 0 spiro atoms. The standard InChI is InChI=1S/C17H20N4O/c1-10-2-3-13-14(6-10)18-19-16(13)17(22)21-12-7-11-4-5-20(8-12)9-15(11)21/h2-3,6,11-12,15H,4-5,7-9H2,1H3,(H,18,19)/t11-,12-,15?/m0/s1. The summed E-state index contributed by atoms with van der Waals surface area (Å²) in [7, 11) is 0. The minimum atomic E-state index is 0.120. The van der Waals surface area contributed by atoms with Crippen LogP contribution in [0.25, 0.3) is 10.9 Å². The maximum Gasteiger partial charge on any atom is 0.275 e. The molecule has 3 bridgehead atoms. The number of aryl methyl sites for hydroxylation is 1. The van der Waals surface area contributed by atoms with Gasteiger partial charge in [-0.05, 0) is 43.9 Å². The normalized spacial score (nSPS) is 32.9. The summed E-state index contributed by atoms with van der Waals surface area (Å²) in [5, 5.41) is 8.32. The minimum Gasteiger partial charge on any atom is -0.328 e. The largest absolute Gasteiger partial charge is 0.328 e. The van der Waals surface area contributed by atoms with Crippen LogP contribution in [0.15, 0.2) is 18.2 Å². The number of hydrogen-bond acceptors (Lipinski definition) is 3. The molecule has 1 amide bonds. The van der Waals surface area contributed by atoms with Crippen molar-refractivity contribution >= 4 is 16.8 Å². The van der Waals surface area contributed by atoms with E-state index < -0.39 is 0 Å². The highest BCUT2D eigenvalue weighted by Gasteiger charge is 2.51. The van der Waals surface area contributed by atoms with Crippen LogP contribution in [0.3, 0.4) is 0 Å².